The number of carbonyl (C=O) groups is 1. The summed E-state index contributed by atoms with van der Waals surface area (Å²) in [7, 11) is 0. The molecule has 0 spiro atoms. The van der Waals surface area contributed by atoms with E-state index in [9.17, 15) is 9.59 Å². The lowest BCUT2D eigenvalue weighted by atomic mass is 10.1. The average molecular weight is 372 g/mol. The Kier molecular flexibility index (Phi) is 5.23. The van der Waals surface area contributed by atoms with Crippen LogP contribution in [0.1, 0.15) is 18.1 Å². The van der Waals surface area contributed by atoms with Gasteiger partial charge in [0.2, 0.25) is 5.91 Å². The molecule has 1 N–H and O–H groups in total. The van der Waals surface area contributed by atoms with Gasteiger partial charge in [-0.15, -0.1) is 0 Å². The highest BCUT2D eigenvalue weighted by Crippen LogP contribution is 2.22. The van der Waals surface area contributed by atoms with E-state index in [1.54, 1.807) is 24.3 Å². The molecule has 134 valence electrons. The molecule has 0 saturated carbocycles. The molecular formula is C19H18ClN3O3. The molecule has 26 heavy (non-hydrogen) atoms. The number of para-hydroxylation sites is 1. The Bertz CT molecular complexity index is 990. The average Bonchev–Trinajstić information content (AvgIpc) is 2.98. The lowest BCUT2D eigenvalue weighted by Crippen LogP contribution is -2.26. The summed E-state index contributed by atoms with van der Waals surface area (Å²) in [4.78, 5) is 24.5. The number of aromatic nitrogens is 2. The lowest BCUT2D eigenvalue weighted by molar-refractivity contribution is -0.116. The maximum Gasteiger partial charge on any atom is 0.442 e. The number of anilines is 1. The van der Waals surface area contributed by atoms with Crippen LogP contribution in [-0.4, -0.2) is 15.6 Å². The number of hydrogen-bond acceptors (Lipinski definition) is 4. The highest BCUT2D eigenvalue weighted by Gasteiger charge is 2.17. The van der Waals surface area contributed by atoms with Crippen LogP contribution in [0, 0.1) is 6.92 Å². The second-order valence-corrected chi connectivity index (χ2v) is 6.31. The van der Waals surface area contributed by atoms with Crippen molar-refractivity contribution in [1.82, 2.24) is 9.72 Å². The molecule has 6 nitrogen and oxygen atoms in total. The fourth-order valence-corrected chi connectivity index (χ4v) is 2.86. The molecule has 1 heterocycles. The van der Waals surface area contributed by atoms with Crippen molar-refractivity contribution in [2.24, 2.45) is 0 Å². The second kappa shape index (κ2) is 7.58. The third kappa shape index (κ3) is 3.70. The highest BCUT2D eigenvalue weighted by atomic mass is 35.5. The van der Waals surface area contributed by atoms with Crippen molar-refractivity contribution in [2.45, 2.75) is 26.8 Å². The van der Waals surface area contributed by atoms with Gasteiger partial charge in [-0.05, 0) is 48.7 Å². The monoisotopic (exact) mass is 371 g/mol. The van der Waals surface area contributed by atoms with Gasteiger partial charge in [0, 0.05) is 16.3 Å². The lowest BCUT2D eigenvalue weighted by Gasteiger charge is -2.13. The van der Waals surface area contributed by atoms with Crippen LogP contribution in [0.2, 0.25) is 5.02 Å². The molecule has 0 bridgehead atoms. The Hall–Kier alpha value is -2.86. The summed E-state index contributed by atoms with van der Waals surface area (Å²) in [6.07, 6.45) is 0.792. The SMILES string of the molecule is CCc1cccc(C)c1NC(=O)Cn1c(-c2ccc(Cl)cc2)noc1=O. The number of nitrogens with zero attached hydrogens (tertiary/aromatic N) is 2. The first-order chi connectivity index (χ1) is 12.5. The quantitative estimate of drug-likeness (QED) is 0.742. The molecule has 7 heteroatoms. The first-order valence-corrected chi connectivity index (χ1v) is 8.58. The first-order valence-electron chi connectivity index (χ1n) is 8.20. The fraction of sp³-hybridized carbons (Fsp3) is 0.211. The van der Waals surface area contributed by atoms with Crippen molar-refractivity contribution in [1.29, 1.82) is 0 Å². The zero-order chi connectivity index (χ0) is 18.7. The smallest absolute Gasteiger partial charge is 0.324 e. The van der Waals surface area contributed by atoms with E-state index in [2.05, 4.69) is 10.5 Å². The van der Waals surface area contributed by atoms with E-state index >= 15 is 0 Å². The standard InChI is InChI=1S/C19H18ClN3O3/c1-3-13-6-4-5-12(2)17(13)21-16(24)11-23-18(22-26-19(23)25)14-7-9-15(20)10-8-14/h4-10H,3,11H2,1-2H3,(H,21,24). The molecule has 0 atom stereocenters. The molecule has 2 aromatic carbocycles. The van der Waals surface area contributed by atoms with Gasteiger partial charge in [0.15, 0.2) is 5.82 Å². The highest BCUT2D eigenvalue weighted by molar-refractivity contribution is 6.30. The van der Waals surface area contributed by atoms with Gasteiger partial charge < -0.3 is 5.32 Å². The predicted molar refractivity (Wildman–Crippen MR) is 100 cm³/mol. The van der Waals surface area contributed by atoms with E-state index in [4.69, 9.17) is 16.1 Å². The predicted octanol–water partition coefficient (Wildman–Crippen LogP) is 3.67. The van der Waals surface area contributed by atoms with Crippen LogP contribution < -0.4 is 11.1 Å². The number of nitrogens with one attached hydrogen (secondary N) is 1. The minimum atomic E-state index is -0.689. The first kappa shape index (κ1) is 17.9. The fourth-order valence-electron chi connectivity index (χ4n) is 2.74. The van der Waals surface area contributed by atoms with Crippen LogP contribution in [-0.2, 0) is 17.8 Å². The van der Waals surface area contributed by atoms with Crippen molar-refractivity contribution < 1.29 is 9.32 Å². The minimum Gasteiger partial charge on any atom is -0.324 e. The Morgan fingerprint density at radius 1 is 1.23 bits per heavy atom. The molecule has 0 aliphatic heterocycles. The molecule has 0 aliphatic carbocycles. The molecule has 0 aliphatic rings. The van der Waals surface area contributed by atoms with Crippen LogP contribution >= 0.6 is 11.6 Å². The summed E-state index contributed by atoms with van der Waals surface area (Å²) in [5.74, 6) is -0.734. The van der Waals surface area contributed by atoms with Gasteiger partial charge in [0.1, 0.15) is 6.54 Å². The number of halogens is 1. The molecule has 3 rings (SSSR count). The topological polar surface area (TPSA) is 77.1 Å². The van der Waals surface area contributed by atoms with E-state index in [1.165, 1.54) is 4.57 Å². The maximum absolute atomic E-state index is 12.5. The molecule has 0 fully saturated rings. The summed E-state index contributed by atoms with van der Waals surface area (Å²) in [6.45, 7) is 3.75. The zero-order valence-electron chi connectivity index (χ0n) is 14.5. The molecule has 1 aromatic heterocycles. The molecule has 1 amide bonds. The molecule has 3 aromatic rings. The number of carbonyl (C=O) groups excluding carboxylic acids is 1. The van der Waals surface area contributed by atoms with Crippen molar-refractivity contribution in [3.8, 4) is 11.4 Å². The summed E-state index contributed by atoms with van der Waals surface area (Å²) < 4.78 is 5.94. The summed E-state index contributed by atoms with van der Waals surface area (Å²) in [5, 5.41) is 7.24. The van der Waals surface area contributed by atoms with E-state index in [0.29, 0.717) is 10.6 Å². The molecule has 0 radical (unpaired) electrons. The third-order valence-corrected chi connectivity index (χ3v) is 4.35. The van der Waals surface area contributed by atoms with Crippen molar-refractivity contribution in [3.63, 3.8) is 0 Å². The number of benzene rings is 2. The Morgan fingerprint density at radius 2 is 1.96 bits per heavy atom. The van der Waals surface area contributed by atoms with Crippen LogP contribution in [0.3, 0.4) is 0 Å². The largest absolute Gasteiger partial charge is 0.442 e. The van der Waals surface area contributed by atoms with Gasteiger partial charge in [0.05, 0.1) is 0 Å². The summed E-state index contributed by atoms with van der Waals surface area (Å²) in [5.41, 5.74) is 3.41. The van der Waals surface area contributed by atoms with Gasteiger partial charge in [-0.3, -0.25) is 9.32 Å². The van der Waals surface area contributed by atoms with Crippen LogP contribution in [0.5, 0.6) is 0 Å². The number of amides is 1. The Morgan fingerprint density at radius 3 is 2.65 bits per heavy atom. The number of hydrogen-bond donors (Lipinski definition) is 1. The molecule has 0 saturated heterocycles. The van der Waals surface area contributed by atoms with Crippen LogP contribution in [0.15, 0.2) is 51.8 Å². The van der Waals surface area contributed by atoms with E-state index < -0.39 is 5.76 Å². The number of aryl methyl sites for hydroxylation is 2. The second-order valence-electron chi connectivity index (χ2n) is 5.88. The zero-order valence-corrected chi connectivity index (χ0v) is 15.2. The van der Waals surface area contributed by atoms with Crippen molar-refractivity contribution in [3.05, 3.63) is 69.2 Å². The summed E-state index contributed by atoms with van der Waals surface area (Å²) in [6, 6.07) is 12.6. The van der Waals surface area contributed by atoms with Gasteiger partial charge in [-0.2, -0.15) is 0 Å². The molecular weight excluding hydrogens is 354 g/mol. The normalized spacial score (nSPS) is 10.7. The van der Waals surface area contributed by atoms with Crippen molar-refractivity contribution in [2.75, 3.05) is 5.32 Å². The van der Waals surface area contributed by atoms with Gasteiger partial charge >= 0.3 is 5.76 Å². The number of rotatable bonds is 5. The van der Waals surface area contributed by atoms with Gasteiger partial charge in [-0.1, -0.05) is 41.9 Å². The maximum atomic E-state index is 12.5. The minimum absolute atomic E-state index is 0.197. The Balaban J connectivity index is 1.86. The third-order valence-electron chi connectivity index (χ3n) is 4.09. The molecule has 0 unspecified atom stereocenters. The summed E-state index contributed by atoms with van der Waals surface area (Å²) >= 11 is 5.89. The van der Waals surface area contributed by atoms with Gasteiger partial charge in [-0.25, -0.2) is 9.36 Å². The van der Waals surface area contributed by atoms with Crippen LogP contribution in [0.25, 0.3) is 11.4 Å². The van der Waals surface area contributed by atoms with E-state index in [1.807, 2.05) is 32.0 Å². The van der Waals surface area contributed by atoms with E-state index in [0.717, 1.165) is 23.2 Å². The van der Waals surface area contributed by atoms with Crippen molar-refractivity contribution >= 4 is 23.2 Å². The van der Waals surface area contributed by atoms with E-state index in [-0.39, 0.29) is 18.3 Å². The van der Waals surface area contributed by atoms with Crippen LogP contribution in [0.4, 0.5) is 5.69 Å². The Labute approximate surface area is 155 Å². The van der Waals surface area contributed by atoms with Gasteiger partial charge in [0.25, 0.3) is 0 Å².